The van der Waals surface area contributed by atoms with Gasteiger partial charge in [-0.1, -0.05) is 48.5 Å². The number of hydrogen-bond acceptors (Lipinski definition) is 7. The van der Waals surface area contributed by atoms with Gasteiger partial charge in [0.05, 0.1) is 12.8 Å². The summed E-state index contributed by atoms with van der Waals surface area (Å²) in [5, 5.41) is 5.78. The molecule has 0 aliphatic carbocycles. The van der Waals surface area contributed by atoms with Crippen molar-refractivity contribution in [2.45, 2.75) is 6.92 Å². The number of nitrogens with one attached hydrogen (secondary N) is 1. The van der Waals surface area contributed by atoms with Gasteiger partial charge in [-0.2, -0.15) is 5.10 Å². The number of carbonyl (C=O) groups excluding carboxylic acids is 2. The molecule has 182 valence electrons. The van der Waals surface area contributed by atoms with Crippen molar-refractivity contribution in [3.63, 3.8) is 0 Å². The van der Waals surface area contributed by atoms with E-state index in [1.54, 1.807) is 35.7 Å². The van der Waals surface area contributed by atoms with Gasteiger partial charge in [0.15, 0.2) is 18.1 Å². The van der Waals surface area contributed by atoms with Crippen molar-refractivity contribution in [3.05, 3.63) is 101 Å². The van der Waals surface area contributed by atoms with Crippen molar-refractivity contribution in [2.24, 2.45) is 5.10 Å². The lowest BCUT2D eigenvalue weighted by molar-refractivity contribution is -0.123. The van der Waals surface area contributed by atoms with Gasteiger partial charge in [-0.25, -0.2) is 10.2 Å². The van der Waals surface area contributed by atoms with Crippen molar-refractivity contribution in [1.29, 1.82) is 0 Å². The monoisotopic (exact) mass is 500 g/mol. The Morgan fingerprint density at radius 3 is 2.39 bits per heavy atom. The van der Waals surface area contributed by atoms with Gasteiger partial charge in [0.25, 0.3) is 5.91 Å². The number of benzene rings is 3. The molecule has 4 aromatic rings. The first-order valence-electron chi connectivity index (χ1n) is 11.2. The van der Waals surface area contributed by atoms with E-state index in [4.69, 9.17) is 14.2 Å². The van der Waals surface area contributed by atoms with Crippen LogP contribution in [0, 0.1) is 0 Å². The maximum absolute atomic E-state index is 12.3. The minimum atomic E-state index is -0.450. The zero-order chi connectivity index (χ0) is 25.2. The van der Waals surface area contributed by atoms with E-state index in [1.165, 1.54) is 17.6 Å². The Hall–Kier alpha value is -4.43. The molecule has 3 aromatic carbocycles. The summed E-state index contributed by atoms with van der Waals surface area (Å²) in [7, 11) is 0. The Morgan fingerprint density at radius 2 is 1.67 bits per heavy atom. The second-order valence-corrected chi connectivity index (χ2v) is 8.43. The van der Waals surface area contributed by atoms with Crippen LogP contribution in [-0.4, -0.2) is 31.3 Å². The van der Waals surface area contributed by atoms with Crippen LogP contribution in [0.15, 0.2) is 95.4 Å². The van der Waals surface area contributed by atoms with Crippen molar-refractivity contribution in [1.82, 2.24) is 5.43 Å². The molecule has 0 spiro atoms. The van der Waals surface area contributed by atoms with Crippen LogP contribution < -0.4 is 19.6 Å². The van der Waals surface area contributed by atoms with Crippen LogP contribution in [0.2, 0.25) is 0 Å². The smallest absolute Gasteiger partial charge is 0.353 e. The van der Waals surface area contributed by atoms with E-state index in [-0.39, 0.29) is 6.61 Å². The molecular weight excluding hydrogens is 476 g/mol. The second kappa shape index (κ2) is 12.3. The van der Waals surface area contributed by atoms with Crippen molar-refractivity contribution in [2.75, 3.05) is 13.2 Å². The number of carbonyl (C=O) groups is 2. The summed E-state index contributed by atoms with van der Waals surface area (Å²) >= 11 is 1.30. The summed E-state index contributed by atoms with van der Waals surface area (Å²) in [5.74, 6) is 0.449. The number of rotatable bonds is 10. The SMILES string of the molecule is CCOc1cc(C=NNC(=O)COc2ccc(-c3ccccc3)cc2)ccc1OC(=O)c1cccs1. The molecule has 0 fully saturated rings. The minimum Gasteiger partial charge on any atom is -0.490 e. The molecule has 0 saturated heterocycles. The zero-order valence-corrected chi connectivity index (χ0v) is 20.4. The first-order valence-corrected chi connectivity index (χ1v) is 12.1. The number of ether oxygens (including phenoxy) is 3. The summed E-state index contributed by atoms with van der Waals surface area (Å²) in [6, 6.07) is 26.0. The average molecular weight is 501 g/mol. The summed E-state index contributed by atoms with van der Waals surface area (Å²) in [4.78, 5) is 24.9. The fourth-order valence-corrected chi connectivity index (χ4v) is 3.84. The van der Waals surface area contributed by atoms with E-state index in [0.717, 1.165) is 11.1 Å². The molecule has 0 atom stereocenters. The number of hydrogen-bond donors (Lipinski definition) is 1. The highest BCUT2D eigenvalue weighted by Crippen LogP contribution is 2.29. The molecular formula is C28H24N2O5S. The van der Waals surface area contributed by atoms with Crippen LogP contribution in [0.5, 0.6) is 17.2 Å². The van der Waals surface area contributed by atoms with Gasteiger partial charge in [-0.15, -0.1) is 11.3 Å². The number of nitrogens with zero attached hydrogens (tertiary/aromatic N) is 1. The molecule has 1 N–H and O–H groups in total. The summed E-state index contributed by atoms with van der Waals surface area (Å²) in [5.41, 5.74) is 5.27. The molecule has 36 heavy (non-hydrogen) atoms. The molecule has 7 nitrogen and oxygen atoms in total. The van der Waals surface area contributed by atoms with Gasteiger partial charge in [0.2, 0.25) is 0 Å². The van der Waals surface area contributed by atoms with Crippen LogP contribution >= 0.6 is 11.3 Å². The Kier molecular flexibility index (Phi) is 8.45. The Balaban J connectivity index is 1.29. The second-order valence-electron chi connectivity index (χ2n) is 7.48. The predicted octanol–water partition coefficient (Wildman–Crippen LogP) is 5.56. The van der Waals surface area contributed by atoms with E-state index in [0.29, 0.717) is 34.3 Å². The quantitative estimate of drug-likeness (QED) is 0.133. The lowest BCUT2D eigenvalue weighted by atomic mass is 10.1. The van der Waals surface area contributed by atoms with Crippen LogP contribution in [0.1, 0.15) is 22.2 Å². The maximum atomic E-state index is 12.3. The molecule has 1 aromatic heterocycles. The average Bonchev–Trinajstić information content (AvgIpc) is 3.45. The number of thiophene rings is 1. The molecule has 0 aliphatic rings. The van der Waals surface area contributed by atoms with Gasteiger partial charge >= 0.3 is 5.97 Å². The molecule has 8 heteroatoms. The molecule has 1 heterocycles. The van der Waals surface area contributed by atoms with E-state index in [9.17, 15) is 9.59 Å². The topological polar surface area (TPSA) is 86.2 Å². The molecule has 0 unspecified atom stereocenters. The van der Waals surface area contributed by atoms with Crippen molar-refractivity contribution < 1.29 is 23.8 Å². The van der Waals surface area contributed by atoms with Gasteiger partial charge in [-0.3, -0.25) is 4.79 Å². The standard InChI is InChI=1S/C28H24N2O5S/c1-2-33-25-17-20(10-15-24(25)35-28(32)26-9-6-16-36-26)18-29-30-27(31)19-34-23-13-11-22(12-14-23)21-7-4-3-5-8-21/h3-18H,2,19H2,1H3,(H,30,31). The zero-order valence-electron chi connectivity index (χ0n) is 19.5. The normalized spacial score (nSPS) is 10.7. The predicted molar refractivity (Wildman–Crippen MR) is 140 cm³/mol. The van der Waals surface area contributed by atoms with Crippen molar-refractivity contribution >= 4 is 29.4 Å². The molecule has 4 rings (SSSR count). The van der Waals surface area contributed by atoms with Gasteiger partial charge in [-0.05, 0) is 65.4 Å². The first-order chi connectivity index (χ1) is 17.6. The van der Waals surface area contributed by atoms with Gasteiger partial charge in [0.1, 0.15) is 10.6 Å². The third-order valence-electron chi connectivity index (χ3n) is 4.93. The van der Waals surface area contributed by atoms with Crippen molar-refractivity contribution in [3.8, 4) is 28.4 Å². The van der Waals surface area contributed by atoms with E-state index >= 15 is 0 Å². The highest BCUT2D eigenvalue weighted by atomic mass is 32.1. The van der Waals surface area contributed by atoms with Crippen LogP contribution in [0.3, 0.4) is 0 Å². The lowest BCUT2D eigenvalue weighted by Crippen LogP contribution is -2.24. The fraction of sp³-hybridized carbons (Fsp3) is 0.107. The number of esters is 1. The maximum Gasteiger partial charge on any atom is 0.353 e. The molecule has 0 radical (unpaired) electrons. The molecule has 0 saturated carbocycles. The Bertz CT molecular complexity index is 1320. The van der Waals surface area contributed by atoms with Crippen LogP contribution in [0.4, 0.5) is 0 Å². The number of amides is 1. The minimum absolute atomic E-state index is 0.177. The Labute approximate surface area is 213 Å². The third kappa shape index (κ3) is 6.80. The molecule has 1 amide bonds. The number of hydrazone groups is 1. The summed E-state index contributed by atoms with van der Waals surface area (Å²) < 4.78 is 16.6. The molecule has 0 aliphatic heterocycles. The Morgan fingerprint density at radius 1 is 0.889 bits per heavy atom. The lowest BCUT2D eigenvalue weighted by Gasteiger charge is -2.11. The summed E-state index contributed by atoms with van der Waals surface area (Å²) in [6.45, 7) is 2.05. The fourth-order valence-electron chi connectivity index (χ4n) is 3.24. The highest BCUT2D eigenvalue weighted by Gasteiger charge is 2.14. The van der Waals surface area contributed by atoms with E-state index in [1.807, 2.05) is 61.5 Å². The van der Waals surface area contributed by atoms with Crippen LogP contribution in [0.25, 0.3) is 11.1 Å². The summed E-state index contributed by atoms with van der Waals surface area (Å²) in [6.07, 6.45) is 1.47. The van der Waals surface area contributed by atoms with E-state index < -0.39 is 11.9 Å². The van der Waals surface area contributed by atoms with Gasteiger partial charge < -0.3 is 14.2 Å². The largest absolute Gasteiger partial charge is 0.490 e. The van der Waals surface area contributed by atoms with Gasteiger partial charge in [0, 0.05) is 0 Å². The third-order valence-corrected chi connectivity index (χ3v) is 5.78. The first kappa shape index (κ1) is 24.7. The van der Waals surface area contributed by atoms with Crippen LogP contribution in [-0.2, 0) is 4.79 Å². The molecule has 0 bridgehead atoms. The van der Waals surface area contributed by atoms with E-state index in [2.05, 4.69) is 10.5 Å². The highest BCUT2D eigenvalue weighted by molar-refractivity contribution is 7.12.